The molecule has 1 aliphatic heterocycles. The standard InChI is InChI=1S/C15H19ClF3N3O2/c1-24-11-4-2-3-10(16)13(11)14(23)21-9-12(15(17,18)19)22-7-5-20-6-8-22/h2-4,12,20H,5-9H2,1H3,(H,21,23). The molecule has 0 saturated carbocycles. The van der Waals surface area contributed by atoms with Gasteiger partial charge in [-0.05, 0) is 12.1 Å². The van der Waals surface area contributed by atoms with Gasteiger partial charge in [-0.3, -0.25) is 9.69 Å². The maximum atomic E-state index is 13.3. The van der Waals surface area contributed by atoms with Crippen LogP contribution in [0.25, 0.3) is 0 Å². The van der Waals surface area contributed by atoms with Gasteiger partial charge in [-0.2, -0.15) is 13.2 Å². The van der Waals surface area contributed by atoms with Gasteiger partial charge in [0.2, 0.25) is 0 Å². The Balaban J connectivity index is 2.10. The number of ether oxygens (including phenoxy) is 1. The average molecular weight is 366 g/mol. The largest absolute Gasteiger partial charge is 0.496 e. The first-order valence-corrected chi connectivity index (χ1v) is 7.84. The third kappa shape index (κ3) is 4.52. The summed E-state index contributed by atoms with van der Waals surface area (Å²) in [5.74, 6) is -0.479. The molecule has 9 heteroatoms. The molecule has 1 heterocycles. The molecule has 2 rings (SSSR count). The Morgan fingerprint density at radius 3 is 2.67 bits per heavy atom. The highest BCUT2D eigenvalue weighted by molar-refractivity contribution is 6.34. The summed E-state index contributed by atoms with van der Waals surface area (Å²) in [5.41, 5.74) is 0.0305. The summed E-state index contributed by atoms with van der Waals surface area (Å²) in [4.78, 5) is 13.6. The monoisotopic (exact) mass is 365 g/mol. The number of carbonyl (C=O) groups excluding carboxylic acids is 1. The molecule has 24 heavy (non-hydrogen) atoms. The van der Waals surface area contributed by atoms with Gasteiger partial charge < -0.3 is 15.4 Å². The van der Waals surface area contributed by atoms with Crippen molar-refractivity contribution in [2.75, 3.05) is 39.8 Å². The van der Waals surface area contributed by atoms with Crippen molar-refractivity contribution in [3.8, 4) is 5.75 Å². The fourth-order valence-corrected chi connectivity index (χ4v) is 2.87. The van der Waals surface area contributed by atoms with Crippen molar-refractivity contribution in [2.24, 2.45) is 0 Å². The van der Waals surface area contributed by atoms with E-state index in [4.69, 9.17) is 16.3 Å². The maximum Gasteiger partial charge on any atom is 0.405 e. The predicted octanol–water partition coefficient (Wildman–Crippen LogP) is 1.91. The van der Waals surface area contributed by atoms with Crippen LogP contribution in [0.5, 0.6) is 5.75 Å². The van der Waals surface area contributed by atoms with E-state index in [1.807, 2.05) is 0 Å². The molecular formula is C15H19ClF3N3O2. The van der Waals surface area contributed by atoms with E-state index < -0.39 is 24.7 Å². The van der Waals surface area contributed by atoms with Gasteiger partial charge in [0.1, 0.15) is 11.8 Å². The fraction of sp³-hybridized carbons (Fsp3) is 0.533. The zero-order chi connectivity index (χ0) is 17.7. The number of rotatable bonds is 5. The molecule has 0 bridgehead atoms. The van der Waals surface area contributed by atoms with Crippen LogP contribution < -0.4 is 15.4 Å². The van der Waals surface area contributed by atoms with E-state index in [2.05, 4.69) is 10.6 Å². The number of methoxy groups -OCH3 is 1. The molecule has 1 atom stereocenters. The molecule has 1 aromatic rings. The quantitative estimate of drug-likeness (QED) is 0.837. The minimum atomic E-state index is -4.44. The molecule has 1 fully saturated rings. The summed E-state index contributed by atoms with van der Waals surface area (Å²) in [6, 6.07) is 2.86. The molecular weight excluding hydrogens is 347 g/mol. The molecule has 1 saturated heterocycles. The van der Waals surface area contributed by atoms with Crippen LogP contribution in [-0.2, 0) is 0 Å². The van der Waals surface area contributed by atoms with Crippen molar-refractivity contribution >= 4 is 17.5 Å². The van der Waals surface area contributed by atoms with Gasteiger partial charge in [-0.15, -0.1) is 0 Å². The van der Waals surface area contributed by atoms with Crippen molar-refractivity contribution < 1.29 is 22.7 Å². The number of piperazine rings is 1. The molecule has 0 radical (unpaired) electrons. The van der Waals surface area contributed by atoms with Crippen LogP contribution in [0.4, 0.5) is 13.2 Å². The molecule has 1 aromatic carbocycles. The maximum absolute atomic E-state index is 13.3. The number of benzene rings is 1. The Morgan fingerprint density at radius 2 is 2.08 bits per heavy atom. The summed E-state index contributed by atoms with van der Waals surface area (Å²) in [5, 5.41) is 5.46. The molecule has 2 N–H and O–H groups in total. The van der Waals surface area contributed by atoms with Gasteiger partial charge in [0.25, 0.3) is 5.91 Å². The van der Waals surface area contributed by atoms with Gasteiger partial charge >= 0.3 is 6.18 Å². The van der Waals surface area contributed by atoms with E-state index in [1.54, 1.807) is 6.07 Å². The van der Waals surface area contributed by atoms with E-state index >= 15 is 0 Å². The van der Waals surface area contributed by atoms with Crippen LogP contribution in [0, 0.1) is 0 Å². The highest BCUT2D eigenvalue weighted by Crippen LogP contribution is 2.27. The lowest BCUT2D eigenvalue weighted by molar-refractivity contribution is -0.183. The lowest BCUT2D eigenvalue weighted by Crippen LogP contribution is -2.57. The number of nitrogens with one attached hydrogen (secondary N) is 2. The Labute approximate surface area is 143 Å². The van der Waals surface area contributed by atoms with Gasteiger partial charge in [-0.25, -0.2) is 0 Å². The molecule has 1 amide bonds. The fourth-order valence-electron chi connectivity index (χ4n) is 2.62. The molecule has 0 spiro atoms. The van der Waals surface area contributed by atoms with E-state index in [0.717, 1.165) is 0 Å². The highest BCUT2D eigenvalue weighted by Gasteiger charge is 2.44. The second-order valence-electron chi connectivity index (χ2n) is 5.37. The minimum Gasteiger partial charge on any atom is -0.496 e. The summed E-state index contributed by atoms with van der Waals surface area (Å²) in [6.45, 7) is 0.972. The Morgan fingerprint density at radius 1 is 1.42 bits per heavy atom. The minimum absolute atomic E-state index is 0.0305. The highest BCUT2D eigenvalue weighted by atomic mass is 35.5. The van der Waals surface area contributed by atoms with Crippen LogP contribution in [0.3, 0.4) is 0 Å². The smallest absolute Gasteiger partial charge is 0.405 e. The first-order valence-electron chi connectivity index (χ1n) is 7.46. The zero-order valence-electron chi connectivity index (χ0n) is 13.1. The van der Waals surface area contributed by atoms with Crippen molar-refractivity contribution in [1.29, 1.82) is 0 Å². The number of hydrogen-bond donors (Lipinski definition) is 2. The van der Waals surface area contributed by atoms with Crippen LogP contribution in [-0.4, -0.2) is 62.9 Å². The first-order chi connectivity index (χ1) is 11.3. The van der Waals surface area contributed by atoms with E-state index in [9.17, 15) is 18.0 Å². The number of nitrogens with zero attached hydrogens (tertiary/aromatic N) is 1. The zero-order valence-corrected chi connectivity index (χ0v) is 13.9. The molecule has 5 nitrogen and oxygen atoms in total. The van der Waals surface area contributed by atoms with Crippen molar-refractivity contribution in [2.45, 2.75) is 12.2 Å². The molecule has 134 valence electrons. The second kappa shape index (κ2) is 8.04. The van der Waals surface area contributed by atoms with Crippen molar-refractivity contribution in [3.05, 3.63) is 28.8 Å². The average Bonchev–Trinajstić information content (AvgIpc) is 2.54. The number of amides is 1. The Hall–Kier alpha value is -1.51. The normalized spacial score (nSPS) is 17.4. The number of alkyl halides is 3. The van der Waals surface area contributed by atoms with Gasteiger partial charge in [-0.1, -0.05) is 17.7 Å². The van der Waals surface area contributed by atoms with Crippen LogP contribution in [0.2, 0.25) is 5.02 Å². The Kier molecular flexibility index (Phi) is 6.31. The van der Waals surface area contributed by atoms with Gasteiger partial charge in [0.05, 0.1) is 17.7 Å². The van der Waals surface area contributed by atoms with Crippen molar-refractivity contribution in [1.82, 2.24) is 15.5 Å². The van der Waals surface area contributed by atoms with Crippen LogP contribution in [0.1, 0.15) is 10.4 Å². The van der Waals surface area contributed by atoms with Gasteiger partial charge in [0, 0.05) is 32.7 Å². The number of carbonyl (C=O) groups is 1. The Bertz CT molecular complexity index is 578. The number of halogens is 4. The third-order valence-electron chi connectivity index (χ3n) is 3.85. The first kappa shape index (κ1) is 18.8. The summed E-state index contributed by atoms with van der Waals surface area (Å²) in [6.07, 6.45) is -4.44. The lowest BCUT2D eigenvalue weighted by atomic mass is 10.1. The molecule has 0 aliphatic carbocycles. The SMILES string of the molecule is COc1cccc(Cl)c1C(=O)NCC(N1CCNCC1)C(F)(F)F. The van der Waals surface area contributed by atoms with E-state index in [0.29, 0.717) is 13.1 Å². The van der Waals surface area contributed by atoms with Crippen LogP contribution in [0.15, 0.2) is 18.2 Å². The van der Waals surface area contributed by atoms with E-state index in [1.165, 1.54) is 24.1 Å². The summed E-state index contributed by atoms with van der Waals surface area (Å²) in [7, 11) is 1.36. The summed E-state index contributed by atoms with van der Waals surface area (Å²) < 4.78 is 45.0. The number of hydrogen-bond acceptors (Lipinski definition) is 4. The van der Waals surface area contributed by atoms with E-state index in [-0.39, 0.29) is 29.4 Å². The predicted molar refractivity (Wildman–Crippen MR) is 84.6 cm³/mol. The van der Waals surface area contributed by atoms with Crippen LogP contribution >= 0.6 is 11.6 Å². The molecule has 0 aromatic heterocycles. The lowest BCUT2D eigenvalue weighted by Gasteiger charge is -2.35. The molecule has 1 unspecified atom stereocenters. The second-order valence-corrected chi connectivity index (χ2v) is 5.78. The third-order valence-corrected chi connectivity index (χ3v) is 4.16. The molecule has 1 aliphatic rings. The van der Waals surface area contributed by atoms with Crippen molar-refractivity contribution in [3.63, 3.8) is 0 Å². The summed E-state index contributed by atoms with van der Waals surface area (Å²) >= 11 is 5.98. The van der Waals surface area contributed by atoms with Gasteiger partial charge in [0.15, 0.2) is 0 Å². The topological polar surface area (TPSA) is 53.6 Å².